The number of rotatable bonds is 0. The summed E-state index contributed by atoms with van der Waals surface area (Å²) in [6.45, 7) is 0. The summed E-state index contributed by atoms with van der Waals surface area (Å²) in [6.07, 6.45) is 0. The van der Waals surface area contributed by atoms with E-state index in [4.69, 9.17) is 0 Å². The molecule has 2 heteroatoms. The van der Waals surface area contributed by atoms with Crippen LogP contribution in [0.15, 0.2) is 0 Å². The molecule has 0 fully saturated rings. The van der Waals surface area contributed by atoms with Crippen LogP contribution in [0, 0.1) is 0 Å². The number of hydrogen-bond acceptors (Lipinski definition) is 0. The third kappa shape index (κ3) is 37.2. The van der Waals surface area contributed by atoms with Gasteiger partial charge in [-0.15, -0.1) is 0 Å². The second kappa shape index (κ2) is 5.19. The fourth-order valence-electron chi connectivity index (χ4n) is 0. The standard InChI is InChI=1S/3CH3.BrH.Ti/h3*1H3;1H;/q;;;;+1/p-1. The van der Waals surface area contributed by atoms with Gasteiger partial charge in [0.2, 0.25) is 0 Å². The Balaban J connectivity index is 0. The van der Waals surface area contributed by atoms with Crippen LogP contribution < -0.4 is 17.0 Å². The zero-order valence-corrected chi connectivity index (χ0v) is 7.03. The van der Waals surface area contributed by atoms with Gasteiger partial charge in [0.1, 0.15) is 0 Å². The predicted octanol–water partition coefficient (Wildman–Crippen LogP) is -1.25. The maximum absolute atomic E-state index is 2.33. The third-order valence-electron chi connectivity index (χ3n) is 0. The van der Waals surface area contributed by atoms with Crippen molar-refractivity contribution >= 4 is 0 Å². The van der Waals surface area contributed by atoms with E-state index in [1.165, 1.54) is 0 Å². The van der Waals surface area contributed by atoms with Crippen molar-refractivity contribution in [2.24, 2.45) is 0 Å². The molecule has 0 unspecified atom stereocenters. The monoisotopic (exact) mass is 172 g/mol. The molecule has 0 aliphatic carbocycles. The van der Waals surface area contributed by atoms with E-state index in [0.717, 1.165) is 0 Å². The average molecular weight is 173 g/mol. The van der Waals surface area contributed by atoms with Gasteiger partial charge in [-0.1, -0.05) is 0 Å². The van der Waals surface area contributed by atoms with E-state index >= 15 is 0 Å². The summed E-state index contributed by atoms with van der Waals surface area (Å²) in [7, 11) is 0. The van der Waals surface area contributed by atoms with Crippen LogP contribution in [0.25, 0.3) is 0 Å². The van der Waals surface area contributed by atoms with Gasteiger partial charge in [-0.25, -0.2) is 0 Å². The molecule has 0 bridgehead atoms. The van der Waals surface area contributed by atoms with Crippen molar-refractivity contribution in [2.45, 2.75) is 15.7 Å². The molecule has 0 nitrogen and oxygen atoms in total. The molecule has 0 rings (SSSR count). The molecular formula is C3H9BrTi. The van der Waals surface area contributed by atoms with E-state index in [1.54, 1.807) is 0 Å². The molecule has 0 aromatic carbocycles. The second-order valence-electron chi connectivity index (χ2n) is 1.50. The van der Waals surface area contributed by atoms with Crippen LogP contribution in [0.4, 0.5) is 0 Å². The predicted molar refractivity (Wildman–Crippen MR) is 17.6 cm³/mol. The van der Waals surface area contributed by atoms with Crippen molar-refractivity contribution < 1.29 is 34.9 Å². The second-order valence-corrected chi connectivity index (χ2v) is 6.18. The van der Waals surface area contributed by atoms with E-state index in [-0.39, 0.29) is 34.9 Å². The zero-order valence-electron chi connectivity index (χ0n) is 3.88. The quantitative estimate of drug-likeness (QED) is 0.401. The topological polar surface area (TPSA) is 0 Å². The first-order valence-corrected chi connectivity index (χ1v) is 6.18. The van der Waals surface area contributed by atoms with E-state index in [9.17, 15) is 0 Å². The fourth-order valence-corrected chi connectivity index (χ4v) is 0. The summed E-state index contributed by atoms with van der Waals surface area (Å²) in [5.41, 5.74) is 0. The van der Waals surface area contributed by atoms with Crippen LogP contribution in [-0.4, -0.2) is 0 Å². The van der Waals surface area contributed by atoms with Crippen molar-refractivity contribution in [1.82, 2.24) is 0 Å². The van der Waals surface area contributed by atoms with Crippen LogP contribution in [0.2, 0.25) is 15.7 Å². The molecule has 5 heavy (non-hydrogen) atoms. The molecule has 0 heterocycles. The van der Waals surface area contributed by atoms with Gasteiger partial charge < -0.3 is 17.0 Å². The van der Waals surface area contributed by atoms with E-state index in [1.807, 2.05) is 0 Å². The van der Waals surface area contributed by atoms with Gasteiger partial charge in [-0.05, 0) is 0 Å². The summed E-state index contributed by atoms with van der Waals surface area (Å²) in [6, 6.07) is 0. The first kappa shape index (κ1) is 9.50. The van der Waals surface area contributed by atoms with Crippen LogP contribution in [0.5, 0.6) is 0 Å². The van der Waals surface area contributed by atoms with Crippen molar-refractivity contribution in [3.05, 3.63) is 0 Å². The zero-order chi connectivity index (χ0) is 3.58. The van der Waals surface area contributed by atoms with Crippen molar-refractivity contribution in [2.75, 3.05) is 0 Å². The Morgan fingerprint density at radius 3 is 1.00 bits per heavy atom. The van der Waals surface area contributed by atoms with E-state index < -0.39 is 0 Å². The molecule has 0 aromatic rings. The molecule has 0 radical (unpaired) electrons. The Labute approximate surface area is 50.6 Å². The first-order chi connectivity index (χ1) is 1.73. The van der Waals surface area contributed by atoms with E-state index in [2.05, 4.69) is 15.7 Å². The van der Waals surface area contributed by atoms with Gasteiger partial charge in [-0.2, -0.15) is 0 Å². The van der Waals surface area contributed by atoms with Gasteiger partial charge >= 0.3 is 33.6 Å². The normalized spacial score (nSPS) is 5.40. The van der Waals surface area contributed by atoms with Gasteiger partial charge in [0.25, 0.3) is 0 Å². The first-order valence-electron chi connectivity index (χ1n) is 1.50. The molecule has 0 aromatic heterocycles. The van der Waals surface area contributed by atoms with Crippen LogP contribution >= 0.6 is 0 Å². The van der Waals surface area contributed by atoms with Crippen LogP contribution in [0.3, 0.4) is 0 Å². The van der Waals surface area contributed by atoms with Gasteiger partial charge in [-0.3, -0.25) is 0 Å². The molecule has 0 amide bonds. The van der Waals surface area contributed by atoms with Gasteiger partial charge in [0.05, 0.1) is 0 Å². The summed E-state index contributed by atoms with van der Waals surface area (Å²) < 4.78 is 0. The van der Waals surface area contributed by atoms with Crippen molar-refractivity contribution in [1.29, 1.82) is 0 Å². The molecule has 32 valence electrons. The van der Waals surface area contributed by atoms with E-state index in [0.29, 0.717) is 0 Å². The Morgan fingerprint density at radius 2 is 1.00 bits per heavy atom. The molecule has 0 spiro atoms. The Morgan fingerprint density at radius 1 is 1.00 bits per heavy atom. The Kier molecular flexibility index (Phi) is 9.87. The summed E-state index contributed by atoms with van der Waals surface area (Å²) in [5.74, 6) is 0. The minimum absolute atomic E-state index is 0. The summed E-state index contributed by atoms with van der Waals surface area (Å²) in [5, 5.41) is 7.00. The molecule has 0 saturated carbocycles. The molecule has 0 atom stereocenters. The van der Waals surface area contributed by atoms with Crippen LogP contribution in [0.1, 0.15) is 0 Å². The SMILES string of the molecule is [Br-].[CH3][Ti+]([CH3])[CH3]. The summed E-state index contributed by atoms with van der Waals surface area (Å²) >= 11 is -0.333. The summed E-state index contributed by atoms with van der Waals surface area (Å²) in [4.78, 5) is 0. The maximum atomic E-state index is 2.33. The van der Waals surface area contributed by atoms with Crippen molar-refractivity contribution in [3.8, 4) is 0 Å². The third-order valence-corrected chi connectivity index (χ3v) is 0. The Hall–Kier alpha value is 1.19. The van der Waals surface area contributed by atoms with Crippen molar-refractivity contribution in [3.63, 3.8) is 0 Å². The number of hydrogen-bond donors (Lipinski definition) is 0. The average Bonchev–Trinajstić information content (AvgIpc) is 0.811. The molecule has 0 N–H and O–H groups in total. The van der Waals surface area contributed by atoms with Crippen LogP contribution in [-0.2, 0) is 17.9 Å². The minimum atomic E-state index is -0.333. The molecule has 0 aliphatic rings. The Bertz CT molecular complexity index is 11.6. The number of halogens is 1. The molecular weight excluding hydrogens is 164 g/mol. The van der Waals surface area contributed by atoms with Gasteiger partial charge in [0, 0.05) is 0 Å². The fraction of sp³-hybridized carbons (Fsp3) is 1.00. The molecule has 0 saturated heterocycles. The van der Waals surface area contributed by atoms with Gasteiger partial charge in [0.15, 0.2) is 0 Å². The molecule has 0 aliphatic heterocycles.